The maximum atomic E-state index is 11.4. The highest BCUT2D eigenvalue weighted by Gasteiger charge is 2.27. The van der Waals surface area contributed by atoms with E-state index >= 15 is 0 Å². The summed E-state index contributed by atoms with van der Waals surface area (Å²) in [7, 11) is 3.89. The molecular formula is C23H28N8O. The molecule has 0 aliphatic carbocycles. The Kier molecular flexibility index (Phi) is 5.89. The Bertz CT molecular complexity index is 1120. The third kappa shape index (κ3) is 4.32. The molecule has 0 radical (unpaired) electrons. The van der Waals surface area contributed by atoms with Crippen molar-refractivity contribution < 1.29 is 4.79 Å². The van der Waals surface area contributed by atoms with E-state index in [1.54, 1.807) is 24.7 Å². The van der Waals surface area contributed by atoms with E-state index in [0.717, 1.165) is 48.1 Å². The smallest absolute Gasteiger partial charge is 0.250 e. The van der Waals surface area contributed by atoms with Crippen LogP contribution in [0.4, 0.5) is 17.6 Å². The Labute approximate surface area is 187 Å². The summed E-state index contributed by atoms with van der Waals surface area (Å²) < 4.78 is 0. The lowest BCUT2D eigenvalue weighted by Gasteiger charge is -2.41. The molecule has 0 bridgehead atoms. The lowest BCUT2D eigenvalue weighted by molar-refractivity contribution is 0.1000. The van der Waals surface area contributed by atoms with E-state index in [0.29, 0.717) is 11.5 Å². The van der Waals surface area contributed by atoms with E-state index < -0.39 is 5.91 Å². The Morgan fingerprint density at radius 2 is 1.91 bits per heavy atom. The molecule has 3 aromatic heterocycles. The molecule has 1 amide bonds. The number of amides is 1. The number of aryl methyl sites for hydroxylation is 1. The molecule has 1 fully saturated rings. The van der Waals surface area contributed by atoms with Crippen LogP contribution in [0.2, 0.25) is 0 Å². The lowest BCUT2D eigenvalue weighted by atomic mass is 10.1. The van der Waals surface area contributed by atoms with Crippen LogP contribution in [0, 0.1) is 6.92 Å². The quantitative estimate of drug-likeness (QED) is 0.654. The number of piperazine rings is 1. The molecule has 0 saturated carbocycles. The first-order valence-corrected chi connectivity index (χ1v) is 10.6. The first-order valence-electron chi connectivity index (χ1n) is 10.6. The number of hydrogen-bond donors (Lipinski definition) is 1. The van der Waals surface area contributed by atoms with Crippen molar-refractivity contribution in [1.82, 2.24) is 19.9 Å². The molecule has 32 heavy (non-hydrogen) atoms. The molecule has 9 heteroatoms. The van der Waals surface area contributed by atoms with Gasteiger partial charge in [0.05, 0.1) is 11.3 Å². The molecule has 9 nitrogen and oxygen atoms in total. The zero-order valence-corrected chi connectivity index (χ0v) is 18.9. The number of rotatable bonds is 5. The van der Waals surface area contributed by atoms with Gasteiger partial charge in [-0.2, -0.15) is 4.98 Å². The predicted molar refractivity (Wildman–Crippen MR) is 126 cm³/mol. The molecule has 166 valence electrons. The number of anilines is 3. The van der Waals surface area contributed by atoms with E-state index in [9.17, 15) is 4.79 Å². The van der Waals surface area contributed by atoms with Crippen LogP contribution in [0.3, 0.4) is 0 Å². The van der Waals surface area contributed by atoms with Crippen LogP contribution in [0.15, 0.2) is 42.9 Å². The van der Waals surface area contributed by atoms with Gasteiger partial charge >= 0.3 is 0 Å². The monoisotopic (exact) mass is 432 g/mol. The molecular weight excluding hydrogens is 404 g/mol. The summed E-state index contributed by atoms with van der Waals surface area (Å²) in [6, 6.07) is 7.96. The molecule has 0 spiro atoms. The average Bonchev–Trinajstić information content (AvgIpc) is 2.79. The molecule has 1 aliphatic heterocycles. The van der Waals surface area contributed by atoms with Crippen LogP contribution in [0.1, 0.15) is 22.8 Å². The first-order chi connectivity index (χ1) is 15.3. The van der Waals surface area contributed by atoms with E-state index in [2.05, 4.69) is 26.7 Å². The van der Waals surface area contributed by atoms with Crippen LogP contribution in [-0.4, -0.2) is 65.6 Å². The van der Waals surface area contributed by atoms with Crippen LogP contribution in [0.25, 0.3) is 11.3 Å². The number of carbonyl (C=O) groups is 1. The van der Waals surface area contributed by atoms with E-state index in [-0.39, 0.29) is 6.04 Å². The molecule has 1 atom stereocenters. The van der Waals surface area contributed by atoms with Gasteiger partial charge in [-0.25, -0.2) is 9.97 Å². The van der Waals surface area contributed by atoms with Crippen LogP contribution < -0.4 is 20.4 Å². The molecule has 0 unspecified atom stereocenters. The lowest BCUT2D eigenvalue weighted by Crippen LogP contribution is -2.53. The van der Waals surface area contributed by atoms with Gasteiger partial charge in [0, 0.05) is 70.0 Å². The summed E-state index contributed by atoms with van der Waals surface area (Å²) in [4.78, 5) is 36.1. The standard InChI is InChI=1S/C23H28N8O/c1-15-11-18(21(24)32)13-26-22(15)30-9-10-31(16(2)14-30)20-12-19(17-5-7-25-8-6-17)27-23(28-20)29(3)4/h5-8,11-13,16H,9-10,14H2,1-4H3,(H2,24,32)/t16-/m1/s1. The van der Waals surface area contributed by atoms with E-state index in [1.165, 1.54) is 0 Å². The number of nitrogens with zero attached hydrogens (tertiary/aromatic N) is 7. The van der Waals surface area contributed by atoms with E-state index in [4.69, 9.17) is 15.7 Å². The highest BCUT2D eigenvalue weighted by Crippen LogP contribution is 2.28. The van der Waals surface area contributed by atoms with Crippen molar-refractivity contribution in [1.29, 1.82) is 0 Å². The van der Waals surface area contributed by atoms with Crippen molar-refractivity contribution in [3.63, 3.8) is 0 Å². The summed E-state index contributed by atoms with van der Waals surface area (Å²) in [6.45, 7) is 6.51. The zero-order valence-electron chi connectivity index (χ0n) is 18.9. The highest BCUT2D eigenvalue weighted by atomic mass is 16.1. The molecule has 4 heterocycles. The highest BCUT2D eigenvalue weighted by molar-refractivity contribution is 5.92. The Balaban J connectivity index is 1.60. The summed E-state index contributed by atoms with van der Waals surface area (Å²) in [5, 5.41) is 0. The molecule has 1 saturated heterocycles. The zero-order chi connectivity index (χ0) is 22.8. The normalized spacial score (nSPS) is 16.2. The average molecular weight is 433 g/mol. The summed E-state index contributed by atoms with van der Waals surface area (Å²) in [6.07, 6.45) is 5.09. The summed E-state index contributed by atoms with van der Waals surface area (Å²) in [5.41, 5.74) is 8.64. The van der Waals surface area contributed by atoms with Crippen molar-refractivity contribution in [3.8, 4) is 11.3 Å². The molecule has 1 aliphatic rings. The van der Waals surface area contributed by atoms with Crippen LogP contribution in [-0.2, 0) is 0 Å². The third-order valence-electron chi connectivity index (χ3n) is 5.63. The minimum absolute atomic E-state index is 0.205. The number of aromatic nitrogens is 4. The summed E-state index contributed by atoms with van der Waals surface area (Å²) >= 11 is 0. The number of primary amides is 1. The Morgan fingerprint density at radius 3 is 2.53 bits per heavy atom. The van der Waals surface area contributed by atoms with Crippen LogP contribution in [0.5, 0.6) is 0 Å². The second kappa shape index (κ2) is 8.78. The van der Waals surface area contributed by atoms with Gasteiger partial charge in [-0.3, -0.25) is 9.78 Å². The second-order valence-electron chi connectivity index (χ2n) is 8.26. The number of hydrogen-bond acceptors (Lipinski definition) is 8. The van der Waals surface area contributed by atoms with Crippen molar-refractivity contribution >= 4 is 23.5 Å². The van der Waals surface area contributed by atoms with Crippen molar-refractivity contribution in [2.45, 2.75) is 19.9 Å². The SMILES string of the molecule is Cc1cc(C(N)=O)cnc1N1CCN(c2cc(-c3ccncc3)nc(N(C)C)n2)[C@H](C)C1. The predicted octanol–water partition coefficient (Wildman–Crippen LogP) is 2.12. The van der Waals surface area contributed by atoms with Crippen molar-refractivity contribution in [2.75, 3.05) is 48.4 Å². The van der Waals surface area contributed by atoms with E-state index in [1.807, 2.05) is 44.1 Å². The molecule has 4 rings (SSSR count). The first kappa shape index (κ1) is 21.5. The van der Waals surface area contributed by atoms with Gasteiger partial charge in [0.1, 0.15) is 11.6 Å². The van der Waals surface area contributed by atoms with Gasteiger partial charge in [0.25, 0.3) is 0 Å². The molecule has 2 N–H and O–H groups in total. The van der Waals surface area contributed by atoms with Gasteiger partial charge in [-0.15, -0.1) is 0 Å². The minimum Gasteiger partial charge on any atom is -0.366 e. The topological polar surface area (TPSA) is 104 Å². The van der Waals surface area contributed by atoms with Crippen LogP contribution >= 0.6 is 0 Å². The number of nitrogens with two attached hydrogens (primary N) is 1. The maximum absolute atomic E-state index is 11.4. The Morgan fingerprint density at radius 1 is 1.16 bits per heavy atom. The van der Waals surface area contributed by atoms with Gasteiger partial charge in [0.15, 0.2) is 0 Å². The van der Waals surface area contributed by atoms with Gasteiger partial charge in [0.2, 0.25) is 11.9 Å². The van der Waals surface area contributed by atoms with Gasteiger partial charge < -0.3 is 20.4 Å². The van der Waals surface area contributed by atoms with Gasteiger partial charge in [-0.05, 0) is 37.6 Å². The molecule has 0 aromatic carbocycles. The Hall–Kier alpha value is -3.75. The third-order valence-corrected chi connectivity index (χ3v) is 5.63. The fraction of sp³-hybridized carbons (Fsp3) is 0.348. The number of carbonyl (C=O) groups excluding carboxylic acids is 1. The summed E-state index contributed by atoms with van der Waals surface area (Å²) in [5.74, 6) is 1.99. The molecule has 3 aromatic rings. The van der Waals surface area contributed by atoms with Crippen molar-refractivity contribution in [2.24, 2.45) is 5.73 Å². The largest absolute Gasteiger partial charge is 0.366 e. The minimum atomic E-state index is -0.462. The van der Waals surface area contributed by atoms with Gasteiger partial charge in [-0.1, -0.05) is 0 Å². The number of pyridine rings is 2. The fourth-order valence-electron chi connectivity index (χ4n) is 3.96. The second-order valence-corrected chi connectivity index (χ2v) is 8.26. The maximum Gasteiger partial charge on any atom is 0.250 e. The van der Waals surface area contributed by atoms with Crippen molar-refractivity contribution in [3.05, 3.63) is 54.0 Å². The fourth-order valence-corrected chi connectivity index (χ4v) is 3.96.